The molecule has 1 fully saturated rings. The lowest BCUT2D eigenvalue weighted by Crippen LogP contribution is -2.13. The number of hydrogen-bond donors (Lipinski definition) is 2. The highest BCUT2D eigenvalue weighted by Crippen LogP contribution is 2.20. The summed E-state index contributed by atoms with van der Waals surface area (Å²) in [6.45, 7) is 2.13. The van der Waals surface area contributed by atoms with Gasteiger partial charge in [-0.15, -0.1) is 0 Å². The van der Waals surface area contributed by atoms with Gasteiger partial charge in [0.15, 0.2) is 0 Å². The highest BCUT2D eigenvalue weighted by atomic mass is 15.3. The second kappa shape index (κ2) is 3.55. The topological polar surface area (TPSA) is 45.6 Å². The number of hydrogen-bond acceptors (Lipinski definition) is 2. The highest BCUT2D eigenvalue weighted by Gasteiger charge is 2.17. The summed E-state index contributed by atoms with van der Waals surface area (Å²) in [4.78, 5) is 3.19. The minimum absolute atomic E-state index is 0.522. The average Bonchev–Trinajstić information content (AvgIpc) is 3.02. The van der Waals surface area contributed by atoms with Crippen LogP contribution >= 0.6 is 0 Å². The van der Waals surface area contributed by atoms with Crippen molar-refractivity contribution >= 4 is 0 Å². The van der Waals surface area contributed by atoms with Crippen LogP contribution in [0.2, 0.25) is 0 Å². The standard InChI is InChI=1S/C11H14N4/c1-2-11(13-4-1)9-6-14-15(8-9)10-3-5-12-7-10/h1-2,4,6,8,10,12-13H,3,5,7H2/t10-/m1/s1. The molecule has 3 heterocycles. The van der Waals surface area contributed by atoms with Crippen molar-refractivity contribution in [2.24, 2.45) is 0 Å². The van der Waals surface area contributed by atoms with Gasteiger partial charge in [-0.05, 0) is 25.1 Å². The van der Waals surface area contributed by atoms with Crippen LogP contribution in [0, 0.1) is 0 Å². The Kier molecular flexibility index (Phi) is 2.07. The summed E-state index contributed by atoms with van der Waals surface area (Å²) >= 11 is 0. The first-order chi connectivity index (χ1) is 7.43. The van der Waals surface area contributed by atoms with Gasteiger partial charge in [0.1, 0.15) is 0 Å². The zero-order valence-electron chi connectivity index (χ0n) is 8.48. The Bertz CT molecular complexity index is 423. The monoisotopic (exact) mass is 202 g/mol. The molecular weight excluding hydrogens is 188 g/mol. The van der Waals surface area contributed by atoms with Crippen molar-refractivity contribution in [3.05, 3.63) is 30.7 Å². The second-order valence-electron chi connectivity index (χ2n) is 3.94. The van der Waals surface area contributed by atoms with E-state index in [4.69, 9.17) is 0 Å². The van der Waals surface area contributed by atoms with E-state index in [1.165, 1.54) is 6.42 Å². The number of aromatic amines is 1. The molecular formula is C11H14N4. The molecule has 3 rings (SSSR count). The third kappa shape index (κ3) is 1.57. The van der Waals surface area contributed by atoms with E-state index >= 15 is 0 Å². The fraction of sp³-hybridized carbons (Fsp3) is 0.364. The first-order valence-corrected chi connectivity index (χ1v) is 5.32. The van der Waals surface area contributed by atoms with Gasteiger partial charge in [0.05, 0.1) is 12.2 Å². The second-order valence-corrected chi connectivity index (χ2v) is 3.94. The summed E-state index contributed by atoms with van der Waals surface area (Å²) in [7, 11) is 0. The lowest BCUT2D eigenvalue weighted by molar-refractivity contribution is 0.491. The summed E-state index contributed by atoms with van der Waals surface area (Å²) < 4.78 is 2.07. The van der Waals surface area contributed by atoms with Gasteiger partial charge in [-0.2, -0.15) is 5.10 Å². The molecule has 0 aromatic carbocycles. The van der Waals surface area contributed by atoms with Gasteiger partial charge in [0.25, 0.3) is 0 Å². The van der Waals surface area contributed by atoms with Gasteiger partial charge in [-0.3, -0.25) is 4.68 Å². The van der Waals surface area contributed by atoms with Crippen LogP contribution in [-0.2, 0) is 0 Å². The third-order valence-electron chi connectivity index (χ3n) is 2.92. The maximum Gasteiger partial charge on any atom is 0.0655 e. The molecule has 0 aliphatic carbocycles. The molecule has 2 aromatic rings. The van der Waals surface area contributed by atoms with E-state index in [9.17, 15) is 0 Å². The molecule has 0 amide bonds. The maximum absolute atomic E-state index is 4.41. The van der Waals surface area contributed by atoms with Gasteiger partial charge >= 0.3 is 0 Å². The molecule has 1 aliphatic heterocycles. The van der Waals surface area contributed by atoms with Gasteiger partial charge in [0.2, 0.25) is 0 Å². The van der Waals surface area contributed by atoms with E-state index in [-0.39, 0.29) is 0 Å². The zero-order chi connectivity index (χ0) is 10.1. The van der Waals surface area contributed by atoms with E-state index < -0.39 is 0 Å². The van der Waals surface area contributed by atoms with Gasteiger partial charge in [0, 0.05) is 30.2 Å². The molecule has 0 saturated carbocycles. The van der Waals surface area contributed by atoms with E-state index in [0.717, 1.165) is 24.3 Å². The van der Waals surface area contributed by atoms with E-state index in [0.29, 0.717) is 6.04 Å². The predicted molar refractivity (Wildman–Crippen MR) is 58.5 cm³/mol. The van der Waals surface area contributed by atoms with Crippen LogP contribution in [0.4, 0.5) is 0 Å². The largest absolute Gasteiger partial charge is 0.361 e. The Morgan fingerprint density at radius 1 is 1.47 bits per heavy atom. The van der Waals surface area contributed by atoms with E-state index in [1.807, 2.05) is 18.5 Å². The SMILES string of the molecule is c1c[nH]c(-c2cnn([C@@H]3CCNC3)c2)c1. The first kappa shape index (κ1) is 8.73. The molecule has 0 radical (unpaired) electrons. The highest BCUT2D eigenvalue weighted by molar-refractivity contribution is 5.56. The van der Waals surface area contributed by atoms with Gasteiger partial charge < -0.3 is 10.3 Å². The first-order valence-electron chi connectivity index (χ1n) is 5.32. The molecule has 0 spiro atoms. The summed E-state index contributed by atoms with van der Waals surface area (Å²) in [6, 6.07) is 4.59. The van der Waals surface area contributed by atoms with Crippen molar-refractivity contribution in [1.29, 1.82) is 0 Å². The minimum atomic E-state index is 0.522. The molecule has 0 bridgehead atoms. The summed E-state index contributed by atoms with van der Waals surface area (Å²) in [6.07, 6.45) is 7.14. The molecule has 1 atom stereocenters. The molecule has 4 heteroatoms. The molecule has 78 valence electrons. The molecule has 15 heavy (non-hydrogen) atoms. The van der Waals surface area contributed by atoms with Crippen LogP contribution in [0.5, 0.6) is 0 Å². The number of nitrogens with zero attached hydrogens (tertiary/aromatic N) is 2. The number of H-pyrrole nitrogens is 1. The fourth-order valence-electron chi connectivity index (χ4n) is 2.05. The van der Waals surface area contributed by atoms with Crippen molar-refractivity contribution in [2.45, 2.75) is 12.5 Å². The number of nitrogens with one attached hydrogen (secondary N) is 2. The van der Waals surface area contributed by atoms with Gasteiger partial charge in [-0.25, -0.2) is 0 Å². The zero-order valence-corrected chi connectivity index (χ0v) is 8.48. The minimum Gasteiger partial charge on any atom is -0.361 e. The summed E-state index contributed by atoms with van der Waals surface area (Å²) in [5.41, 5.74) is 2.29. The summed E-state index contributed by atoms with van der Waals surface area (Å²) in [5, 5.41) is 7.76. The Balaban J connectivity index is 1.87. The van der Waals surface area contributed by atoms with E-state index in [1.54, 1.807) is 0 Å². The Hall–Kier alpha value is -1.55. The van der Waals surface area contributed by atoms with Crippen LogP contribution in [0.25, 0.3) is 11.3 Å². The third-order valence-corrected chi connectivity index (χ3v) is 2.92. The molecule has 2 aromatic heterocycles. The predicted octanol–water partition coefficient (Wildman–Crippen LogP) is 1.41. The normalized spacial score (nSPS) is 20.9. The van der Waals surface area contributed by atoms with Crippen molar-refractivity contribution in [3.63, 3.8) is 0 Å². The molecule has 1 saturated heterocycles. The Morgan fingerprint density at radius 2 is 2.47 bits per heavy atom. The Labute approximate surface area is 88.3 Å². The average molecular weight is 202 g/mol. The van der Waals surface area contributed by atoms with Crippen molar-refractivity contribution in [2.75, 3.05) is 13.1 Å². The lowest BCUT2D eigenvalue weighted by atomic mass is 10.2. The van der Waals surface area contributed by atoms with Crippen molar-refractivity contribution in [3.8, 4) is 11.3 Å². The molecule has 0 unspecified atom stereocenters. The van der Waals surface area contributed by atoms with Crippen LogP contribution in [0.1, 0.15) is 12.5 Å². The summed E-state index contributed by atoms with van der Waals surface area (Å²) in [5.74, 6) is 0. The van der Waals surface area contributed by atoms with E-state index in [2.05, 4.69) is 32.3 Å². The van der Waals surface area contributed by atoms with Crippen molar-refractivity contribution < 1.29 is 0 Å². The van der Waals surface area contributed by atoms with Crippen molar-refractivity contribution in [1.82, 2.24) is 20.1 Å². The van der Waals surface area contributed by atoms with Crippen LogP contribution in [-0.4, -0.2) is 27.9 Å². The number of rotatable bonds is 2. The number of aromatic nitrogens is 3. The molecule has 1 aliphatic rings. The smallest absolute Gasteiger partial charge is 0.0655 e. The molecule has 2 N–H and O–H groups in total. The van der Waals surface area contributed by atoms with Gasteiger partial charge in [-0.1, -0.05) is 0 Å². The Morgan fingerprint density at radius 3 is 3.20 bits per heavy atom. The van der Waals surface area contributed by atoms with Crippen LogP contribution < -0.4 is 5.32 Å². The quantitative estimate of drug-likeness (QED) is 0.773. The fourth-order valence-corrected chi connectivity index (χ4v) is 2.05. The van der Waals surface area contributed by atoms with Crippen LogP contribution in [0.3, 0.4) is 0 Å². The molecule has 4 nitrogen and oxygen atoms in total. The van der Waals surface area contributed by atoms with Crippen LogP contribution in [0.15, 0.2) is 30.7 Å². The maximum atomic E-state index is 4.41. The lowest BCUT2D eigenvalue weighted by Gasteiger charge is -2.07.